The molecule has 0 spiro atoms. The number of hydrogen-bond acceptors (Lipinski definition) is 5. The van der Waals surface area contributed by atoms with Crippen LogP contribution < -0.4 is 0 Å². The van der Waals surface area contributed by atoms with E-state index in [4.69, 9.17) is 24.1 Å². The predicted molar refractivity (Wildman–Crippen MR) is 211 cm³/mol. The summed E-state index contributed by atoms with van der Waals surface area (Å²) in [5.41, 5.74) is 0. The summed E-state index contributed by atoms with van der Waals surface area (Å²) in [6.45, 7) is 6.41. The van der Waals surface area contributed by atoms with Crippen LogP contribution in [0.15, 0.2) is 36.5 Å². The molecule has 50 heavy (non-hydrogen) atoms. The van der Waals surface area contributed by atoms with Gasteiger partial charge in [0, 0.05) is 13.2 Å². The first-order chi connectivity index (χ1) is 24.7. The topological polar surface area (TPSA) is 74.2 Å². The van der Waals surface area contributed by atoms with Gasteiger partial charge in [0.25, 0.3) is 0 Å². The van der Waals surface area contributed by atoms with Gasteiger partial charge in [-0.25, -0.2) is 4.79 Å². The smallest absolute Gasteiger partial charge is 0.450 e. The van der Waals surface area contributed by atoms with Crippen molar-refractivity contribution < 1.29 is 28.8 Å². The SMILES string of the molecule is CCCCC/C=C\C/C=C\CCCCCCCCC(COCCCCCCCC/C=C\C[C@@H](CCCCCC)OC1CCCCO1)OC(=O)O. The molecule has 1 heterocycles. The van der Waals surface area contributed by atoms with Gasteiger partial charge in [-0.3, -0.25) is 0 Å². The third-order valence-corrected chi connectivity index (χ3v) is 9.63. The average molecular weight is 705 g/mol. The molecular formula is C44H80O6. The highest BCUT2D eigenvalue weighted by Crippen LogP contribution is 2.21. The lowest BCUT2D eigenvalue weighted by molar-refractivity contribution is -0.188. The van der Waals surface area contributed by atoms with Gasteiger partial charge in [0.2, 0.25) is 0 Å². The molecule has 6 heteroatoms. The van der Waals surface area contributed by atoms with Gasteiger partial charge in [0.15, 0.2) is 6.29 Å². The van der Waals surface area contributed by atoms with Gasteiger partial charge in [-0.05, 0) is 96.3 Å². The number of allylic oxidation sites excluding steroid dienone is 5. The molecule has 1 aliphatic rings. The van der Waals surface area contributed by atoms with Crippen LogP contribution in [0.1, 0.15) is 200 Å². The summed E-state index contributed by atoms with van der Waals surface area (Å²) in [5, 5.41) is 9.14. The Kier molecular flexibility index (Phi) is 34.5. The van der Waals surface area contributed by atoms with Gasteiger partial charge in [-0.2, -0.15) is 0 Å². The van der Waals surface area contributed by atoms with Crippen LogP contribution in [-0.2, 0) is 18.9 Å². The molecular weight excluding hydrogens is 624 g/mol. The van der Waals surface area contributed by atoms with Crippen molar-refractivity contribution in [2.45, 2.75) is 219 Å². The first-order valence-corrected chi connectivity index (χ1v) is 21.3. The Morgan fingerprint density at radius 2 is 1.20 bits per heavy atom. The molecule has 2 unspecified atom stereocenters. The van der Waals surface area contributed by atoms with Crippen LogP contribution in [-0.4, -0.2) is 49.6 Å². The minimum atomic E-state index is -1.20. The minimum absolute atomic E-state index is 0.00369. The quantitative estimate of drug-likeness (QED) is 0.0397. The van der Waals surface area contributed by atoms with Crippen LogP contribution in [0.5, 0.6) is 0 Å². The molecule has 6 nitrogen and oxygen atoms in total. The lowest BCUT2D eigenvalue weighted by Crippen LogP contribution is -2.27. The summed E-state index contributed by atoms with van der Waals surface area (Å²) in [6.07, 6.45) is 46.8. The Bertz CT molecular complexity index is 802. The van der Waals surface area contributed by atoms with Crippen LogP contribution in [0.25, 0.3) is 0 Å². The van der Waals surface area contributed by atoms with Crippen molar-refractivity contribution in [1.82, 2.24) is 0 Å². The Morgan fingerprint density at radius 1 is 0.660 bits per heavy atom. The summed E-state index contributed by atoms with van der Waals surface area (Å²) in [5.74, 6) is 0. The summed E-state index contributed by atoms with van der Waals surface area (Å²) in [4.78, 5) is 11.2. The summed E-state index contributed by atoms with van der Waals surface area (Å²) < 4.78 is 23.1. The molecule has 0 aromatic rings. The standard InChI is InChI=1S/C44H80O6/c1-3-5-7-9-10-11-12-13-14-15-16-17-19-23-26-30-36-42(50-44(45)46)40-47-38-32-27-24-21-18-20-22-25-29-35-41(34-28-8-6-4-2)49-43-37-31-33-39-48-43/h10-11,13-14,25,29,41-43H,3-9,12,15-24,26-28,30-40H2,1-2H3,(H,45,46)/b11-10-,14-13-,29-25-/t41-,42?,43?/m1/s1. The molecule has 1 aliphatic heterocycles. The molecule has 1 fully saturated rings. The van der Waals surface area contributed by atoms with Crippen LogP contribution in [0.2, 0.25) is 0 Å². The molecule has 1 N–H and O–H groups in total. The number of unbranched alkanes of at least 4 members (excludes halogenated alkanes) is 18. The second-order valence-corrected chi connectivity index (χ2v) is 14.5. The average Bonchev–Trinajstić information content (AvgIpc) is 3.11. The molecule has 3 atom stereocenters. The highest BCUT2D eigenvalue weighted by Gasteiger charge is 2.19. The fourth-order valence-corrected chi connectivity index (χ4v) is 6.51. The van der Waals surface area contributed by atoms with Crippen LogP contribution in [0, 0.1) is 0 Å². The van der Waals surface area contributed by atoms with Gasteiger partial charge < -0.3 is 24.1 Å². The Morgan fingerprint density at radius 3 is 1.82 bits per heavy atom. The monoisotopic (exact) mass is 705 g/mol. The fourth-order valence-electron chi connectivity index (χ4n) is 6.51. The summed E-state index contributed by atoms with van der Waals surface area (Å²) in [7, 11) is 0. The number of rotatable bonds is 36. The first-order valence-electron chi connectivity index (χ1n) is 21.3. The molecule has 1 rings (SSSR count). The number of hydrogen-bond donors (Lipinski definition) is 1. The van der Waals surface area contributed by atoms with Crippen LogP contribution in [0.3, 0.4) is 0 Å². The molecule has 0 bridgehead atoms. The zero-order chi connectivity index (χ0) is 36.0. The summed E-state index contributed by atoms with van der Waals surface area (Å²) >= 11 is 0. The predicted octanol–water partition coefficient (Wildman–Crippen LogP) is 13.8. The fraction of sp³-hybridized carbons (Fsp3) is 0.841. The number of ether oxygens (including phenoxy) is 4. The van der Waals surface area contributed by atoms with Gasteiger partial charge in [0.1, 0.15) is 6.10 Å². The molecule has 0 aliphatic carbocycles. The van der Waals surface area contributed by atoms with Crippen LogP contribution >= 0.6 is 0 Å². The van der Waals surface area contributed by atoms with Crippen molar-refractivity contribution in [2.75, 3.05) is 19.8 Å². The molecule has 0 aromatic heterocycles. The maximum absolute atomic E-state index is 11.2. The molecule has 0 aromatic carbocycles. The van der Waals surface area contributed by atoms with Crippen molar-refractivity contribution in [3.05, 3.63) is 36.5 Å². The highest BCUT2D eigenvalue weighted by atomic mass is 16.7. The molecule has 0 saturated carbocycles. The second kappa shape index (κ2) is 37.1. The maximum atomic E-state index is 11.2. The molecule has 0 amide bonds. The zero-order valence-corrected chi connectivity index (χ0v) is 32.8. The minimum Gasteiger partial charge on any atom is -0.450 e. The lowest BCUT2D eigenvalue weighted by atomic mass is 10.1. The van der Waals surface area contributed by atoms with E-state index in [-0.39, 0.29) is 18.5 Å². The zero-order valence-electron chi connectivity index (χ0n) is 32.8. The largest absolute Gasteiger partial charge is 0.506 e. The molecule has 1 saturated heterocycles. The Hall–Kier alpha value is -1.63. The third-order valence-electron chi connectivity index (χ3n) is 9.63. The second-order valence-electron chi connectivity index (χ2n) is 14.5. The third kappa shape index (κ3) is 32.3. The van der Waals surface area contributed by atoms with Crippen molar-refractivity contribution in [3.8, 4) is 0 Å². The van der Waals surface area contributed by atoms with E-state index < -0.39 is 6.16 Å². The van der Waals surface area contributed by atoms with Crippen molar-refractivity contribution in [3.63, 3.8) is 0 Å². The van der Waals surface area contributed by atoms with Crippen molar-refractivity contribution >= 4 is 6.16 Å². The molecule has 292 valence electrons. The van der Waals surface area contributed by atoms with E-state index in [9.17, 15) is 4.79 Å². The van der Waals surface area contributed by atoms with E-state index in [1.165, 1.54) is 116 Å². The lowest BCUT2D eigenvalue weighted by Gasteiger charge is -2.27. The van der Waals surface area contributed by atoms with Gasteiger partial charge in [-0.15, -0.1) is 0 Å². The van der Waals surface area contributed by atoms with Gasteiger partial charge in [0.05, 0.1) is 12.7 Å². The van der Waals surface area contributed by atoms with E-state index in [1.54, 1.807) is 0 Å². The van der Waals surface area contributed by atoms with Crippen molar-refractivity contribution in [1.29, 1.82) is 0 Å². The van der Waals surface area contributed by atoms with E-state index in [0.29, 0.717) is 13.2 Å². The summed E-state index contributed by atoms with van der Waals surface area (Å²) in [6, 6.07) is 0. The van der Waals surface area contributed by atoms with Crippen LogP contribution in [0.4, 0.5) is 4.79 Å². The Labute approximate surface area is 309 Å². The van der Waals surface area contributed by atoms with E-state index >= 15 is 0 Å². The maximum Gasteiger partial charge on any atom is 0.506 e. The van der Waals surface area contributed by atoms with Gasteiger partial charge in [-0.1, -0.05) is 140 Å². The van der Waals surface area contributed by atoms with Gasteiger partial charge >= 0.3 is 6.16 Å². The first kappa shape index (κ1) is 46.4. The number of carbonyl (C=O) groups is 1. The van der Waals surface area contributed by atoms with E-state index in [2.05, 4.69) is 50.3 Å². The number of carboxylic acid groups (broad SMARTS) is 1. The highest BCUT2D eigenvalue weighted by molar-refractivity contribution is 5.57. The van der Waals surface area contributed by atoms with Crippen molar-refractivity contribution in [2.24, 2.45) is 0 Å². The Balaban J connectivity index is 2.00. The van der Waals surface area contributed by atoms with E-state index in [0.717, 1.165) is 77.2 Å². The van der Waals surface area contributed by atoms with E-state index in [1.807, 2.05) is 0 Å². The molecule has 0 radical (unpaired) electrons. The normalized spacial score (nSPS) is 16.6.